The molecule has 0 aliphatic heterocycles. The van der Waals surface area contributed by atoms with Crippen molar-refractivity contribution < 1.29 is 0 Å². The lowest BCUT2D eigenvalue weighted by Crippen LogP contribution is -2.13. The second-order valence-electron chi connectivity index (χ2n) is 4.96. The molecule has 0 amide bonds. The molecule has 0 spiro atoms. The fourth-order valence-corrected chi connectivity index (χ4v) is 2.65. The Bertz CT molecular complexity index is 346. The fourth-order valence-electron chi connectivity index (χ4n) is 2.65. The van der Waals surface area contributed by atoms with Crippen molar-refractivity contribution >= 4 is 5.82 Å². The molecule has 2 N–H and O–H groups in total. The van der Waals surface area contributed by atoms with Crippen LogP contribution >= 0.6 is 0 Å². The highest BCUT2D eigenvalue weighted by Gasteiger charge is 2.22. The van der Waals surface area contributed by atoms with E-state index in [2.05, 4.69) is 24.9 Å². The number of hydrogen-bond donors (Lipinski definition) is 1. The predicted octanol–water partition coefficient (Wildman–Crippen LogP) is 3.27. The van der Waals surface area contributed by atoms with Crippen molar-refractivity contribution in [3.63, 3.8) is 0 Å². The van der Waals surface area contributed by atoms with E-state index in [1.807, 2.05) is 6.20 Å². The van der Waals surface area contributed by atoms with Gasteiger partial charge in [-0.05, 0) is 42.7 Å². The maximum atomic E-state index is 5.95. The topological polar surface area (TPSA) is 38.9 Å². The molecule has 1 heterocycles. The number of hydrogen-bond acceptors (Lipinski definition) is 2. The summed E-state index contributed by atoms with van der Waals surface area (Å²) in [4.78, 5) is 4.26. The standard InChI is InChI=1S/C13H20N2/c1-9-4-3-5-11(6-9)12-7-10(2)8-15-13(12)14/h7-9,11H,3-6H2,1-2H3,(H2,14,15). The molecular formula is C13H20N2. The van der Waals surface area contributed by atoms with E-state index in [9.17, 15) is 0 Å². The van der Waals surface area contributed by atoms with Crippen molar-refractivity contribution in [2.45, 2.75) is 45.4 Å². The van der Waals surface area contributed by atoms with Crippen LogP contribution in [0.5, 0.6) is 0 Å². The van der Waals surface area contributed by atoms with Crippen molar-refractivity contribution in [2.75, 3.05) is 5.73 Å². The van der Waals surface area contributed by atoms with E-state index in [-0.39, 0.29) is 0 Å². The van der Waals surface area contributed by atoms with Crippen molar-refractivity contribution in [3.05, 3.63) is 23.4 Å². The van der Waals surface area contributed by atoms with E-state index < -0.39 is 0 Å². The van der Waals surface area contributed by atoms with Gasteiger partial charge in [0.2, 0.25) is 0 Å². The quantitative estimate of drug-likeness (QED) is 0.762. The summed E-state index contributed by atoms with van der Waals surface area (Å²) in [6.07, 6.45) is 7.11. The smallest absolute Gasteiger partial charge is 0.126 e. The second-order valence-corrected chi connectivity index (χ2v) is 4.96. The molecule has 0 saturated heterocycles. The molecule has 1 fully saturated rings. The molecule has 2 rings (SSSR count). The zero-order valence-electron chi connectivity index (χ0n) is 9.66. The van der Waals surface area contributed by atoms with E-state index in [0.29, 0.717) is 5.92 Å². The van der Waals surface area contributed by atoms with Gasteiger partial charge in [-0.1, -0.05) is 25.8 Å². The first kappa shape index (κ1) is 10.5. The molecule has 0 bridgehead atoms. The number of rotatable bonds is 1. The number of anilines is 1. The minimum absolute atomic E-state index is 0.640. The number of nitrogens with two attached hydrogens (primary N) is 1. The van der Waals surface area contributed by atoms with E-state index in [1.54, 1.807) is 0 Å². The van der Waals surface area contributed by atoms with E-state index in [0.717, 1.165) is 11.7 Å². The highest BCUT2D eigenvalue weighted by molar-refractivity contribution is 5.43. The molecule has 1 aromatic heterocycles. The molecule has 0 radical (unpaired) electrons. The number of pyridine rings is 1. The van der Waals surface area contributed by atoms with Gasteiger partial charge < -0.3 is 5.73 Å². The molecule has 2 nitrogen and oxygen atoms in total. The molecule has 82 valence electrons. The van der Waals surface area contributed by atoms with Gasteiger partial charge in [0.15, 0.2) is 0 Å². The average molecular weight is 204 g/mol. The monoisotopic (exact) mass is 204 g/mol. The first-order chi connectivity index (χ1) is 7.16. The number of aromatic nitrogens is 1. The lowest BCUT2D eigenvalue weighted by molar-refractivity contribution is 0.344. The van der Waals surface area contributed by atoms with E-state index in [1.165, 1.54) is 36.8 Å². The largest absolute Gasteiger partial charge is 0.383 e. The van der Waals surface area contributed by atoms with Crippen LogP contribution in [0.2, 0.25) is 0 Å². The van der Waals surface area contributed by atoms with Crippen molar-refractivity contribution in [1.82, 2.24) is 4.98 Å². The minimum atomic E-state index is 0.640. The van der Waals surface area contributed by atoms with Gasteiger partial charge in [0.1, 0.15) is 5.82 Å². The van der Waals surface area contributed by atoms with Crippen LogP contribution < -0.4 is 5.73 Å². The van der Waals surface area contributed by atoms with Gasteiger partial charge >= 0.3 is 0 Å². The van der Waals surface area contributed by atoms with Crippen molar-refractivity contribution in [3.8, 4) is 0 Å². The van der Waals surface area contributed by atoms with Gasteiger partial charge in [0.25, 0.3) is 0 Å². The Morgan fingerprint density at radius 1 is 1.40 bits per heavy atom. The van der Waals surface area contributed by atoms with Crippen LogP contribution in [0.1, 0.15) is 49.7 Å². The zero-order chi connectivity index (χ0) is 10.8. The second kappa shape index (κ2) is 4.21. The lowest BCUT2D eigenvalue weighted by atomic mass is 9.79. The summed E-state index contributed by atoms with van der Waals surface area (Å²) in [5.41, 5.74) is 8.45. The highest BCUT2D eigenvalue weighted by Crippen LogP contribution is 2.37. The maximum absolute atomic E-state index is 5.95. The highest BCUT2D eigenvalue weighted by atomic mass is 14.8. The summed E-state index contributed by atoms with van der Waals surface area (Å²) in [7, 11) is 0. The Morgan fingerprint density at radius 3 is 2.93 bits per heavy atom. The lowest BCUT2D eigenvalue weighted by Gasteiger charge is -2.27. The molecule has 0 aromatic carbocycles. The van der Waals surface area contributed by atoms with Crippen LogP contribution in [0.3, 0.4) is 0 Å². The Morgan fingerprint density at radius 2 is 2.20 bits per heavy atom. The van der Waals surface area contributed by atoms with E-state index >= 15 is 0 Å². The molecule has 1 aromatic rings. The van der Waals surface area contributed by atoms with Gasteiger partial charge in [0.05, 0.1) is 0 Å². The van der Waals surface area contributed by atoms with Gasteiger partial charge in [-0.25, -0.2) is 4.98 Å². The Balaban J connectivity index is 2.24. The fraction of sp³-hybridized carbons (Fsp3) is 0.615. The molecule has 1 aliphatic carbocycles. The first-order valence-electron chi connectivity index (χ1n) is 5.89. The van der Waals surface area contributed by atoms with E-state index in [4.69, 9.17) is 5.73 Å². The normalized spacial score (nSPS) is 26.5. The molecular weight excluding hydrogens is 184 g/mol. The van der Waals surface area contributed by atoms with Gasteiger partial charge in [0, 0.05) is 6.20 Å². The molecule has 15 heavy (non-hydrogen) atoms. The molecule has 2 heteroatoms. The molecule has 1 saturated carbocycles. The van der Waals surface area contributed by atoms with Crippen LogP contribution in [-0.4, -0.2) is 4.98 Å². The third-order valence-corrected chi connectivity index (χ3v) is 3.46. The Hall–Kier alpha value is -1.05. The predicted molar refractivity (Wildman–Crippen MR) is 63.8 cm³/mol. The summed E-state index contributed by atoms with van der Waals surface area (Å²) in [6, 6.07) is 2.21. The SMILES string of the molecule is Cc1cnc(N)c(C2CCCC(C)C2)c1. The summed E-state index contributed by atoms with van der Waals surface area (Å²) >= 11 is 0. The van der Waals surface area contributed by atoms with Gasteiger partial charge in [-0.3, -0.25) is 0 Å². The zero-order valence-corrected chi connectivity index (χ0v) is 9.66. The Kier molecular flexibility index (Phi) is 2.94. The van der Waals surface area contributed by atoms with Crippen molar-refractivity contribution in [2.24, 2.45) is 5.92 Å². The number of aryl methyl sites for hydroxylation is 1. The van der Waals surface area contributed by atoms with Gasteiger partial charge in [-0.15, -0.1) is 0 Å². The summed E-state index contributed by atoms with van der Waals surface area (Å²) in [5.74, 6) is 2.21. The molecule has 2 unspecified atom stereocenters. The Labute approximate surface area is 91.9 Å². The van der Waals surface area contributed by atoms with Crippen LogP contribution in [0.4, 0.5) is 5.82 Å². The average Bonchev–Trinajstić information content (AvgIpc) is 2.22. The van der Waals surface area contributed by atoms with Crippen LogP contribution in [0.15, 0.2) is 12.3 Å². The summed E-state index contributed by atoms with van der Waals surface area (Å²) < 4.78 is 0. The number of nitrogen functional groups attached to an aromatic ring is 1. The third-order valence-electron chi connectivity index (χ3n) is 3.46. The summed E-state index contributed by atoms with van der Waals surface area (Å²) in [5, 5.41) is 0. The first-order valence-corrected chi connectivity index (χ1v) is 5.89. The molecule has 2 atom stereocenters. The van der Waals surface area contributed by atoms with Gasteiger partial charge in [-0.2, -0.15) is 0 Å². The molecule has 1 aliphatic rings. The van der Waals surface area contributed by atoms with Crippen LogP contribution in [0.25, 0.3) is 0 Å². The minimum Gasteiger partial charge on any atom is -0.383 e. The third kappa shape index (κ3) is 2.31. The van der Waals surface area contributed by atoms with Crippen molar-refractivity contribution in [1.29, 1.82) is 0 Å². The van der Waals surface area contributed by atoms with Crippen LogP contribution in [-0.2, 0) is 0 Å². The number of nitrogens with zero attached hydrogens (tertiary/aromatic N) is 1. The maximum Gasteiger partial charge on any atom is 0.126 e. The van der Waals surface area contributed by atoms with Crippen LogP contribution in [0, 0.1) is 12.8 Å². The summed E-state index contributed by atoms with van der Waals surface area (Å²) in [6.45, 7) is 4.42.